The van der Waals surface area contributed by atoms with Gasteiger partial charge in [0.05, 0.1) is 5.60 Å². The molecule has 0 amide bonds. The molecule has 0 heterocycles. The van der Waals surface area contributed by atoms with Crippen molar-refractivity contribution in [3.8, 4) is 0 Å². The lowest BCUT2D eigenvalue weighted by Gasteiger charge is -2.28. The van der Waals surface area contributed by atoms with Gasteiger partial charge in [-0.05, 0) is 18.8 Å². The van der Waals surface area contributed by atoms with Crippen LogP contribution in [-0.4, -0.2) is 22.4 Å². The topological polar surface area (TPSA) is 40.5 Å². The smallest absolute Gasteiger partial charge is 0.0809 e. The molecule has 2 bridgehead atoms. The van der Waals surface area contributed by atoms with Crippen molar-refractivity contribution in [1.29, 1.82) is 0 Å². The highest BCUT2D eigenvalue weighted by Crippen LogP contribution is 2.52. The summed E-state index contributed by atoms with van der Waals surface area (Å²) in [7, 11) is 0. The van der Waals surface area contributed by atoms with Crippen LogP contribution in [0.1, 0.15) is 12.8 Å². The monoisotopic (exact) mass is 180 g/mol. The molecule has 0 aliphatic heterocycles. The van der Waals surface area contributed by atoms with E-state index in [0.717, 1.165) is 6.42 Å². The van der Waals surface area contributed by atoms with Gasteiger partial charge in [-0.2, -0.15) is 0 Å². The van der Waals surface area contributed by atoms with Crippen molar-refractivity contribution in [1.82, 2.24) is 0 Å². The molecule has 0 aromatic heterocycles. The van der Waals surface area contributed by atoms with Gasteiger partial charge in [0.1, 0.15) is 0 Å². The molecule has 0 saturated heterocycles. The molecule has 13 heavy (non-hydrogen) atoms. The summed E-state index contributed by atoms with van der Waals surface area (Å²) in [5.74, 6) is 0.619. The van der Waals surface area contributed by atoms with Crippen LogP contribution in [0.4, 0.5) is 0 Å². The Balaban J connectivity index is 2.21. The maximum Gasteiger partial charge on any atom is 0.0809 e. The first-order valence-corrected chi connectivity index (χ1v) is 4.85. The zero-order chi connectivity index (χ0) is 9.47. The lowest BCUT2D eigenvalue weighted by molar-refractivity contribution is -0.00271. The highest BCUT2D eigenvalue weighted by Gasteiger charge is 2.54. The van der Waals surface area contributed by atoms with E-state index >= 15 is 0 Å². The minimum Gasteiger partial charge on any atom is -0.396 e. The van der Waals surface area contributed by atoms with Crippen LogP contribution in [0.2, 0.25) is 0 Å². The fourth-order valence-electron chi connectivity index (χ4n) is 2.86. The summed E-state index contributed by atoms with van der Waals surface area (Å²) in [5, 5.41) is 19.5. The van der Waals surface area contributed by atoms with Crippen LogP contribution in [0.15, 0.2) is 24.8 Å². The summed E-state index contributed by atoms with van der Waals surface area (Å²) in [6, 6.07) is 0. The third kappa shape index (κ3) is 1.09. The van der Waals surface area contributed by atoms with Crippen LogP contribution in [-0.2, 0) is 0 Å². The van der Waals surface area contributed by atoms with Gasteiger partial charge < -0.3 is 10.2 Å². The molecule has 0 unspecified atom stereocenters. The largest absolute Gasteiger partial charge is 0.396 e. The number of aliphatic hydroxyl groups is 2. The molecule has 0 radical (unpaired) electrons. The van der Waals surface area contributed by atoms with Crippen LogP contribution in [0.25, 0.3) is 0 Å². The maximum absolute atomic E-state index is 10.3. The van der Waals surface area contributed by atoms with E-state index < -0.39 is 5.60 Å². The number of aliphatic hydroxyl groups excluding tert-OH is 1. The van der Waals surface area contributed by atoms with Crippen molar-refractivity contribution in [2.75, 3.05) is 6.61 Å². The summed E-state index contributed by atoms with van der Waals surface area (Å²) in [6.07, 6.45) is 7.46. The molecule has 0 aromatic rings. The van der Waals surface area contributed by atoms with Gasteiger partial charge >= 0.3 is 0 Å². The molecule has 2 rings (SSSR count). The first kappa shape index (κ1) is 8.97. The summed E-state index contributed by atoms with van der Waals surface area (Å²) in [6.45, 7) is 3.85. The lowest BCUT2D eigenvalue weighted by atomic mass is 9.85. The molecule has 2 aliphatic carbocycles. The number of hydrogen-bond donors (Lipinski definition) is 2. The quantitative estimate of drug-likeness (QED) is 0.639. The Labute approximate surface area is 78.6 Å². The predicted molar refractivity (Wildman–Crippen MR) is 51.1 cm³/mol. The Morgan fingerprint density at radius 2 is 2.31 bits per heavy atom. The normalized spacial score (nSPS) is 47.1. The minimum absolute atomic E-state index is 0.139. The third-order valence-electron chi connectivity index (χ3n) is 3.54. The Morgan fingerprint density at radius 1 is 1.54 bits per heavy atom. The highest BCUT2D eigenvalue weighted by atomic mass is 16.3. The average molecular weight is 180 g/mol. The van der Waals surface area contributed by atoms with Gasteiger partial charge in [0.25, 0.3) is 0 Å². The van der Waals surface area contributed by atoms with E-state index in [1.807, 2.05) is 0 Å². The molecule has 0 aromatic carbocycles. The molecule has 72 valence electrons. The van der Waals surface area contributed by atoms with Crippen molar-refractivity contribution in [2.45, 2.75) is 18.4 Å². The molecule has 2 heteroatoms. The summed E-state index contributed by atoms with van der Waals surface area (Å²) in [4.78, 5) is 0. The van der Waals surface area contributed by atoms with Crippen LogP contribution >= 0.6 is 0 Å². The molecule has 1 saturated carbocycles. The van der Waals surface area contributed by atoms with E-state index in [4.69, 9.17) is 5.11 Å². The molecular weight excluding hydrogens is 164 g/mol. The Hall–Kier alpha value is -0.600. The molecule has 2 aliphatic rings. The van der Waals surface area contributed by atoms with Gasteiger partial charge in [-0.1, -0.05) is 18.2 Å². The van der Waals surface area contributed by atoms with Crippen molar-refractivity contribution < 1.29 is 10.2 Å². The van der Waals surface area contributed by atoms with E-state index in [0.29, 0.717) is 6.42 Å². The van der Waals surface area contributed by atoms with E-state index in [-0.39, 0.29) is 24.4 Å². The van der Waals surface area contributed by atoms with Crippen molar-refractivity contribution in [3.05, 3.63) is 24.8 Å². The van der Waals surface area contributed by atoms with Crippen LogP contribution in [0.3, 0.4) is 0 Å². The molecule has 4 atom stereocenters. The van der Waals surface area contributed by atoms with E-state index in [9.17, 15) is 5.11 Å². The van der Waals surface area contributed by atoms with Gasteiger partial charge in [-0.3, -0.25) is 0 Å². The first-order valence-electron chi connectivity index (χ1n) is 4.85. The Bertz CT molecular complexity index is 246. The second-order valence-corrected chi connectivity index (χ2v) is 4.18. The molecule has 1 fully saturated rings. The van der Waals surface area contributed by atoms with Crippen molar-refractivity contribution >= 4 is 0 Å². The zero-order valence-corrected chi connectivity index (χ0v) is 7.69. The van der Waals surface area contributed by atoms with Crippen LogP contribution in [0, 0.1) is 17.8 Å². The molecule has 2 N–H and O–H groups in total. The van der Waals surface area contributed by atoms with Crippen LogP contribution < -0.4 is 0 Å². The van der Waals surface area contributed by atoms with Crippen LogP contribution in [0.5, 0.6) is 0 Å². The molecule has 2 nitrogen and oxygen atoms in total. The van der Waals surface area contributed by atoms with Gasteiger partial charge in [-0.15, -0.1) is 6.58 Å². The van der Waals surface area contributed by atoms with Crippen molar-refractivity contribution in [2.24, 2.45) is 17.8 Å². The summed E-state index contributed by atoms with van der Waals surface area (Å²) < 4.78 is 0. The minimum atomic E-state index is -0.644. The van der Waals surface area contributed by atoms with E-state index in [1.54, 1.807) is 6.08 Å². The summed E-state index contributed by atoms with van der Waals surface area (Å²) in [5.41, 5.74) is -0.644. The Morgan fingerprint density at radius 3 is 2.85 bits per heavy atom. The van der Waals surface area contributed by atoms with Gasteiger partial charge in [-0.25, -0.2) is 0 Å². The van der Waals surface area contributed by atoms with Crippen molar-refractivity contribution in [3.63, 3.8) is 0 Å². The molecule has 0 spiro atoms. The average Bonchev–Trinajstić information content (AvgIpc) is 2.57. The fourth-order valence-corrected chi connectivity index (χ4v) is 2.86. The van der Waals surface area contributed by atoms with Gasteiger partial charge in [0.15, 0.2) is 0 Å². The van der Waals surface area contributed by atoms with Gasteiger partial charge in [0.2, 0.25) is 0 Å². The molecular formula is C11H16O2. The fraction of sp³-hybridized carbons (Fsp3) is 0.636. The standard InChI is InChI=1S/C11H16O2/c1-2-5-11(13)9-3-4-10(11)8(6-9)7-12/h2-4,8-10,12-13H,1,5-7H2/t8-,9-,10+,11+/m1/s1. The number of fused-ring (bicyclic) bond motifs is 2. The Kier molecular flexibility index (Phi) is 2.05. The second kappa shape index (κ2) is 2.96. The SMILES string of the molecule is C=CC[C@]1(O)[C@@H]2C=C[C@H]1[C@@H](CO)C2. The number of rotatable bonds is 3. The number of hydrogen-bond acceptors (Lipinski definition) is 2. The predicted octanol–water partition coefficient (Wildman–Crippen LogP) is 1.11. The zero-order valence-electron chi connectivity index (χ0n) is 7.69. The second-order valence-electron chi connectivity index (χ2n) is 4.18. The van der Waals surface area contributed by atoms with E-state index in [2.05, 4.69) is 18.7 Å². The third-order valence-corrected chi connectivity index (χ3v) is 3.54. The van der Waals surface area contributed by atoms with Gasteiger partial charge in [0, 0.05) is 18.4 Å². The van der Waals surface area contributed by atoms with E-state index in [1.165, 1.54) is 0 Å². The highest BCUT2D eigenvalue weighted by molar-refractivity contribution is 5.23. The first-order chi connectivity index (χ1) is 6.22. The summed E-state index contributed by atoms with van der Waals surface area (Å²) >= 11 is 0. The maximum atomic E-state index is 10.3. The lowest BCUT2D eigenvalue weighted by Crippen LogP contribution is -2.35.